The molecule has 114 valence electrons. The number of amides is 1. The lowest BCUT2D eigenvalue weighted by Gasteiger charge is -2.31. The molecule has 0 aromatic heterocycles. The van der Waals surface area contributed by atoms with Gasteiger partial charge in [0.25, 0.3) is 5.91 Å². The van der Waals surface area contributed by atoms with Gasteiger partial charge in [-0.15, -0.1) is 0 Å². The fourth-order valence-corrected chi connectivity index (χ4v) is 4.01. The van der Waals surface area contributed by atoms with Crippen molar-refractivity contribution in [1.82, 2.24) is 4.90 Å². The van der Waals surface area contributed by atoms with Crippen LogP contribution in [-0.4, -0.2) is 29.9 Å². The summed E-state index contributed by atoms with van der Waals surface area (Å²) in [6.45, 7) is 6.01. The van der Waals surface area contributed by atoms with Crippen LogP contribution in [0.4, 0.5) is 5.69 Å². The van der Waals surface area contributed by atoms with Crippen LogP contribution < -0.4 is 5.32 Å². The number of carbonyl (C=O) groups is 1. The zero-order chi connectivity index (χ0) is 14.8. The number of hydrogen-bond acceptors (Lipinski definition) is 2. The van der Waals surface area contributed by atoms with Gasteiger partial charge < -0.3 is 10.2 Å². The van der Waals surface area contributed by atoms with Gasteiger partial charge in [0.2, 0.25) is 0 Å². The summed E-state index contributed by atoms with van der Waals surface area (Å²) in [5.74, 6) is 0.986. The highest BCUT2D eigenvalue weighted by Gasteiger charge is 2.38. The minimum Gasteiger partial charge on any atom is -0.385 e. The Hall–Kier alpha value is -1.51. The van der Waals surface area contributed by atoms with E-state index in [2.05, 4.69) is 24.1 Å². The summed E-state index contributed by atoms with van der Waals surface area (Å²) in [6, 6.07) is 6.56. The van der Waals surface area contributed by atoms with E-state index in [-0.39, 0.29) is 5.91 Å². The summed E-state index contributed by atoms with van der Waals surface area (Å²) in [6.07, 6.45) is 6.34. The molecule has 21 heavy (non-hydrogen) atoms. The Morgan fingerprint density at radius 1 is 1.29 bits per heavy atom. The molecule has 0 radical (unpaired) electrons. The number of carbonyl (C=O) groups excluding carboxylic acids is 1. The van der Waals surface area contributed by atoms with E-state index in [0.717, 1.165) is 35.8 Å². The van der Waals surface area contributed by atoms with Gasteiger partial charge in [0.1, 0.15) is 0 Å². The van der Waals surface area contributed by atoms with Crippen molar-refractivity contribution in [2.45, 2.75) is 52.0 Å². The van der Waals surface area contributed by atoms with Gasteiger partial charge in [0.15, 0.2) is 0 Å². The third-order valence-corrected chi connectivity index (χ3v) is 5.11. The molecule has 1 aliphatic heterocycles. The van der Waals surface area contributed by atoms with Crippen LogP contribution in [0.1, 0.15) is 54.9 Å². The molecule has 1 saturated carbocycles. The standard InChI is InChI=1S/C18H26N2O/c1-3-19-16-9-8-15(12-13(16)2)18(21)20-11-10-14-6-4-5-7-17(14)20/h8-9,12,14,17,19H,3-7,10-11H2,1-2H3. The van der Waals surface area contributed by atoms with Gasteiger partial charge in [-0.3, -0.25) is 4.79 Å². The SMILES string of the molecule is CCNc1ccc(C(=O)N2CCC3CCCCC32)cc1C. The van der Waals surface area contributed by atoms with Crippen molar-refractivity contribution in [2.75, 3.05) is 18.4 Å². The molecule has 3 heteroatoms. The zero-order valence-electron chi connectivity index (χ0n) is 13.2. The van der Waals surface area contributed by atoms with Crippen molar-refractivity contribution in [2.24, 2.45) is 5.92 Å². The van der Waals surface area contributed by atoms with Crippen molar-refractivity contribution < 1.29 is 4.79 Å². The van der Waals surface area contributed by atoms with Gasteiger partial charge in [0.05, 0.1) is 0 Å². The van der Waals surface area contributed by atoms with E-state index in [1.165, 1.54) is 32.1 Å². The van der Waals surface area contributed by atoms with Crippen LogP contribution in [0.3, 0.4) is 0 Å². The Balaban J connectivity index is 1.77. The van der Waals surface area contributed by atoms with Crippen LogP contribution in [0.25, 0.3) is 0 Å². The summed E-state index contributed by atoms with van der Waals surface area (Å²) in [5.41, 5.74) is 3.13. The van der Waals surface area contributed by atoms with Crippen molar-refractivity contribution in [3.8, 4) is 0 Å². The average Bonchev–Trinajstić information content (AvgIpc) is 2.93. The predicted octanol–water partition coefficient (Wildman–Crippen LogP) is 3.83. The minimum atomic E-state index is 0.232. The number of nitrogens with zero attached hydrogens (tertiary/aromatic N) is 1. The van der Waals surface area contributed by atoms with E-state index < -0.39 is 0 Å². The monoisotopic (exact) mass is 286 g/mol. The Morgan fingerprint density at radius 3 is 2.86 bits per heavy atom. The minimum absolute atomic E-state index is 0.232. The van der Waals surface area contributed by atoms with Crippen LogP contribution >= 0.6 is 0 Å². The van der Waals surface area contributed by atoms with Gasteiger partial charge in [0, 0.05) is 30.4 Å². The first-order valence-electron chi connectivity index (χ1n) is 8.36. The van der Waals surface area contributed by atoms with E-state index in [1.54, 1.807) is 0 Å². The van der Waals surface area contributed by atoms with Crippen LogP contribution in [0.5, 0.6) is 0 Å². The topological polar surface area (TPSA) is 32.3 Å². The summed E-state index contributed by atoms with van der Waals surface area (Å²) in [4.78, 5) is 15.0. The van der Waals surface area contributed by atoms with Gasteiger partial charge in [-0.05, 0) is 62.8 Å². The highest BCUT2D eigenvalue weighted by atomic mass is 16.2. The van der Waals surface area contributed by atoms with Gasteiger partial charge >= 0.3 is 0 Å². The molecule has 2 aliphatic rings. The third kappa shape index (κ3) is 2.78. The van der Waals surface area contributed by atoms with E-state index in [0.29, 0.717) is 6.04 Å². The van der Waals surface area contributed by atoms with Crippen LogP contribution in [0.2, 0.25) is 0 Å². The Morgan fingerprint density at radius 2 is 2.10 bits per heavy atom. The first-order chi connectivity index (χ1) is 10.2. The normalized spacial score (nSPS) is 24.8. The maximum absolute atomic E-state index is 12.8. The van der Waals surface area contributed by atoms with Gasteiger partial charge in [-0.25, -0.2) is 0 Å². The maximum Gasteiger partial charge on any atom is 0.254 e. The number of fused-ring (bicyclic) bond motifs is 1. The van der Waals surface area contributed by atoms with Crippen molar-refractivity contribution in [1.29, 1.82) is 0 Å². The molecule has 1 aromatic carbocycles. The molecular weight excluding hydrogens is 260 g/mol. The van der Waals surface area contributed by atoms with Crippen molar-refractivity contribution in [3.63, 3.8) is 0 Å². The second kappa shape index (κ2) is 6.08. The molecule has 2 atom stereocenters. The third-order valence-electron chi connectivity index (χ3n) is 5.11. The van der Waals surface area contributed by atoms with Crippen LogP contribution in [-0.2, 0) is 0 Å². The predicted molar refractivity (Wildman–Crippen MR) is 86.7 cm³/mol. The van der Waals surface area contributed by atoms with Crippen molar-refractivity contribution in [3.05, 3.63) is 29.3 Å². The molecule has 1 N–H and O–H groups in total. The molecule has 1 heterocycles. The number of hydrogen-bond donors (Lipinski definition) is 1. The number of nitrogens with one attached hydrogen (secondary N) is 1. The second-order valence-electron chi connectivity index (χ2n) is 6.46. The van der Waals surface area contributed by atoms with Crippen LogP contribution in [0.15, 0.2) is 18.2 Å². The fraction of sp³-hybridized carbons (Fsp3) is 0.611. The molecular formula is C18H26N2O. The largest absolute Gasteiger partial charge is 0.385 e. The molecule has 1 saturated heterocycles. The maximum atomic E-state index is 12.8. The van der Waals surface area contributed by atoms with E-state index in [4.69, 9.17) is 0 Å². The fourth-order valence-electron chi connectivity index (χ4n) is 4.01. The second-order valence-corrected chi connectivity index (χ2v) is 6.46. The number of aryl methyl sites for hydroxylation is 1. The molecule has 1 aliphatic carbocycles. The van der Waals surface area contributed by atoms with E-state index in [1.807, 2.05) is 18.2 Å². The lowest BCUT2D eigenvalue weighted by atomic mass is 9.85. The number of rotatable bonds is 3. The van der Waals surface area contributed by atoms with Gasteiger partial charge in [-0.2, -0.15) is 0 Å². The Labute approximate surface area is 127 Å². The van der Waals surface area contributed by atoms with Gasteiger partial charge in [-0.1, -0.05) is 12.8 Å². The van der Waals surface area contributed by atoms with E-state index in [9.17, 15) is 4.79 Å². The first kappa shape index (κ1) is 14.4. The average molecular weight is 286 g/mol. The smallest absolute Gasteiger partial charge is 0.254 e. The Bertz CT molecular complexity index is 526. The lowest BCUT2D eigenvalue weighted by Crippen LogP contribution is -2.39. The Kier molecular flexibility index (Phi) is 4.18. The quantitative estimate of drug-likeness (QED) is 0.916. The first-order valence-corrected chi connectivity index (χ1v) is 8.36. The molecule has 3 nitrogen and oxygen atoms in total. The van der Waals surface area contributed by atoms with Crippen LogP contribution in [0, 0.1) is 12.8 Å². The molecule has 0 spiro atoms. The highest BCUT2D eigenvalue weighted by Crippen LogP contribution is 2.37. The van der Waals surface area contributed by atoms with Crippen molar-refractivity contribution >= 4 is 11.6 Å². The number of benzene rings is 1. The lowest BCUT2D eigenvalue weighted by molar-refractivity contribution is 0.0690. The zero-order valence-corrected chi connectivity index (χ0v) is 13.2. The summed E-state index contributed by atoms with van der Waals surface area (Å²) < 4.78 is 0. The molecule has 1 aromatic rings. The molecule has 2 fully saturated rings. The summed E-state index contributed by atoms with van der Waals surface area (Å²) >= 11 is 0. The highest BCUT2D eigenvalue weighted by molar-refractivity contribution is 5.95. The van der Waals surface area contributed by atoms with E-state index >= 15 is 0 Å². The molecule has 2 unspecified atom stereocenters. The number of likely N-dealkylation sites (tertiary alicyclic amines) is 1. The molecule has 0 bridgehead atoms. The summed E-state index contributed by atoms with van der Waals surface area (Å²) in [7, 11) is 0. The molecule has 3 rings (SSSR count). The number of anilines is 1. The summed E-state index contributed by atoms with van der Waals surface area (Å²) in [5, 5.41) is 3.33. The molecule has 1 amide bonds.